The Balaban J connectivity index is 2.09. The summed E-state index contributed by atoms with van der Waals surface area (Å²) in [7, 11) is 0. The number of hydrogen-bond donors (Lipinski definition) is 0. The molecule has 5 heteroatoms. The number of carbonyl (C=O) groups is 1. The molecule has 0 saturated carbocycles. The quantitative estimate of drug-likeness (QED) is 0.188. The van der Waals surface area contributed by atoms with Gasteiger partial charge in [-0.15, -0.1) is 11.6 Å². The molecule has 0 radical (unpaired) electrons. The van der Waals surface area contributed by atoms with Crippen LogP contribution in [0.25, 0.3) is 0 Å². The normalized spacial score (nSPS) is 12.9. The SMILES string of the molecule is CCCCCCCCCCCCCCCC(=O)C(Cl)c1cccc(C(F)(F)F)c1. The summed E-state index contributed by atoms with van der Waals surface area (Å²) in [5.41, 5.74) is -0.546. The highest BCUT2D eigenvalue weighted by molar-refractivity contribution is 6.31. The molecule has 1 aromatic rings. The Morgan fingerprint density at radius 2 is 1.34 bits per heavy atom. The van der Waals surface area contributed by atoms with Crippen LogP contribution in [0.15, 0.2) is 24.3 Å². The first-order chi connectivity index (χ1) is 13.9. The van der Waals surface area contributed by atoms with Gasteiger partial charge in [0.1, 0.15) is 5.38 Å². The van der Waals surface area contributed by atoms with E-state index in [1.807, 2.05) is 0 Å². The van der Waals surface area contributed by atoms with Crippen molar-refractivity contribution in [3.05, 3.63) is 35.4 Å². The van der Waals surface area contributed by atoms with Crippen molar-refractivity contribution in [3.8, 4) is 0 Å². The molecule has 0 aliphatic rings. The Kier molecular flexibility index (Phi) is 13.3. The van der Waals surface area contributed by atoms with Crippen LogP contribution in [0, 0.1) is 0 Å². The molecule has 0 saturated heterocycles. The van der Waals surface area contributed by atoms with Crippen LogP contribution in [0.2, 0.25) is 0 Å². The predicted octanol–water partition coefficient (Wildman–Crippen LogP) is 9.04. The number of alkyl halides is 4. The number of hydrogen-bond acceptors (Lipinski definition) is 1. The molecule has 1 unspecified atom stereocenters. The summed E-state index contributed by atoms with van der Waals surface area (Å²) in [5, 5.41) is -1.00. The number of unbranched alkanes of at least 4 members (excludes halogenated alkanes) is 12. The molecule has 0 aliphatic heterocycles. The van der Waals surface area contributed by atoms with Gasteiger partial charge in [-0.3, -0.25) is 4.79 Å². The summed E-state index contributed by atoms with van der Waals surface area (Å²) in [6.07, 6.45) is 11.8. The Hall–Kier alpha value is -1.03. The van der Waals surface area contributed by atoms with Crippen molar-refractivity contribution in [2.75, 3.05) is 0 Å². The maximum Gasteiger partial charge on any atom is 0.416 e. The molecule has 1 atom stereocenters. The van der Waals surface area contributed by atoms with Crippen LogP contribution in [0.3, 0.4) is 0 Å². The first-order valence-corrected chi connectivity index (χ1v) is 11.6. The van der Waals surface area contributed by atoms with E-state index in [4.69, 9.17) is 11.6 Å². The molecule has 0 spiro atoms. The molecule has 0 N–H and O–H groups in total. The molecule has 29 heavy (non-hydrogen) atoms. The van der Waals surface area contributed by atoms with Crippen molar-refractivity contribution in [1.29, 1.82) is 0 Å². The van der Waals surface area contributed by atoms with Crippen LogP contribution in [-0.2, 0) is 11.0 Å². The van der Waals surface area contributed by atoms with Gasteiger partial charge in [0, 0.05) is 6.42 Å². The molecule has 0 fully saturated rings. The van der Waals surface area contributed by atoms with Gasteiger partial charge in [0.2, 0.25) is 0 Å². The average molecular weight is 433 g/mol. The largest absolute Gasteiger partial charge is 0.416 e. The minimum absolute atomic E-state index is 0.200. The molecule has 0 aliphatic carbocycles. The van der Waals surface area contributed by atoms with E-state index in [9.17, 15) is 18.0 Å². The number of benzene rings is 1. The molecule has 1 rings (SSSR count). The highest BCUT2D eigenvalue weighted by atomic mass is 35.5. The summed E-state index contributed by atoms with van der Waals surface area (Å²) >= 11 is 6.11. The minimum atomic E-state index is -4.43. The smallest absolute Gasteiger partial charge is 0.298 e. The van der Waals surface area contributed by atoms with Gasteiger partial charge < -0.3 is 0 Å². The third-order valence-corrected chi connectivity index (χ3v) is 5.81. The van der Waals surface area contributed by atoms with Crippen molar-refractivity contribution < 1.29 is 18.0 Å². The number of carbonyl (C=O) groups excluding carboxylic acids is 1. The Labute approximate surface area is 179 Å². The van der Waals surface area contributed by atoms with E-state index in [0.717, 1.165) is 31.4 Å². The lowest BCUT2D eigenvalue weighted by Gasteiger charge is -2.12. The van der Waals surface area contributed by atoms with E-state index in [-0.39, 0.29) is 11.3 Å². The van der Waals surface area contributed by atoms with Crippen molar-refractivity contribution in [3.63, 3.8) is 0 Å². The van der Waals surface area contributed by atoms with Crippen molar-refractivity contribution in [2.45, 2.75) is 108 Å². The molecule has 166 valence electrons. The topological polar surface area (TPSA) is 17.1 Å². The maximum absolute atomic E-state index is 12.8. The van der Waals surface area contributed by atoms with Crippen LogP contribution in [0.5, 0.6) is 0 Å². The highest BCUT2D eigenvalue weighted by Gasteiger charge is 2.31. The first-order valence-electron chi connectivity index (χ1n) is 11.2. The first kappa shape index (κ1) is 26.0. The van der Waals surface area contributed by atoms with E-state index < -0.39 is 17.1 Å². The van der Waals surface area contributed by atoms with E-state index in [0.29, 0.717) is 6.42 Å². The Morgan fingerprint density at radius 1 is 0.862 bits per heavy atom. The van der Waals surface area contributed by atoms with E-state index in [2.05, 4.69) is 6.92 Å². The predicted molar refractivity (Wildman–Crippen MR) is 115 cm³/mol. The monoisotopic (exact) mass is 432 g/mol. The van der Waals surface area contributed by atoms with Crippen molar-refractivity contribution >= 4 is 17.4 Å². The maximum atomic E-state index is 12.8. The fourth-order valence-corrected chi connectivity index (χ4v) is 3.75. The lowest BCUT2D eigenvalue weighted by atomic mass is 10.0. The Morgan fingerprint density at radius 3 is 1.83 bits per heavy atom. The summed E-state index contributed by atoms with van der Waals surface area (Å²) in [6, 6.07) is 4.74. The van der Waals surface area contributed by atoms with Gasteiger partial charge in [0.25, 0.3) is 0 Å². The van der Waals surface area contributed by atoms with Gasteiger partial charge in [-0.2, -0.15) is 13.2 Å². The zero-order chi connectivity index (χ0) is 21.5. The lowest BCUT2D eigenvalue weighted by Crippen LogP contribution is -2.10. The highest BCUT2D eigenvalue weighted by Crippen LogP contribution is 2.32. The van der Waals surface area contributed by atoms with Gasteiger partial charge in [0.05, 0.1) is 5.56 Å². The van der Waals surface area contributed by atoms with Gasteiger partial charge in [-0.1, -0.05) is 96.1 Å². The average Bonchev–Trinajstić information content (AvgIpc) is 2.70. The third kappa shape index (κ3) is 11.7. The van der Waals surface area contributed by atoms with Gasteiger partial charge in [-0.05, 0) is 24.1 Å². The van der Waals surface area contributed by atoms with Gasteiger partial charge in [-0.25, -0.2) is 0 Å². The third-order valence-electron chi connectivity index (χ3n) is 5.32. The molecular formula is C24H36ClF3O. The van der Waals surface area contributed by atoms with Gasteiger partial charge in [0.15, 0.2) is 5.78 Å². The van der Waals surface area contributed by atoms with E-state index in [1.54, 1.807) is 0 Å². The second kappa shape index (κ2) is 14.9. The molecule has 0 heterocycles. The van der Waals surface area contributed by atoms with E-state index >= 15 is 0 Å². The zero-order valence-corrected chi connectivity index (χ0v) is 18.5. The van der Waals surface area contributed by atoms with E-state index in [1.165, 1.54) is 76.3 Å². The van der Waals surface area contributed by atoms with Gasteiger partial charge >= 0.3 is 6.18 Å². The van der Waals surface area contributed by atoms with Crippen LogP contribution in [-0.4, -0.2) is 5.78 Å². The fourth-order valence-electron chi connectivity index (χ4n) is 3.50. The number of rotatable bonds is 16. The minimum Gasteiger partial charge on any atom is -0.298 e. The molecule has 0 aromatic heterocycles. The number of Topliss-reactive ketones (excluding diaryl/α,β-unsaturated/α-hetero) is 1. The standard InChI is InChI=1S/C24H36ClF3O/c1-2-3-4-5-6-7-8-9-10-11-12-13-14-18-22(29)23(25)20-16-15-17-21(19-20)24(26,27)28/h15-17,19,23H,2-14,18H2,1H3. The van der Waals surface area contributed by atoms with Crippen LogP contribution < -0.4 is 0 Å². The number of halogens is 4. The number of ketones is 1. The molecular weight excluding hydrogens is 397 g/mol. The fraction of sp³-hybridized carbons (Fsp3) is 0.708. The second-order valence-corrected chi connectivity index (χ2v) is 8.38. The van der Waals surface area contributed by atoms with Crippen molar-refractivity contribution in [1.82, 2.24) is 0 Å². The summed E-state index contributed by atoms with van der Waals surface area (Å²) in [6.45, 7) is 2.24. The summed E-state index contributed by atoms with van der Waals surface area (Å²) in [5.74, 6) is -0.200. The lowest BCUT2D eigenvalue weighted by molar-refractivity contribution is -0.137. The molecule has 1 aromatic carbocycles. The summed E-state index contributed by atoms with van der Waals surface area (Å²) < 4.78 is 38.4. The van der Waals surface area contributed by atoms with Crippen LogP contribution in [0.4, 0.5) is 13.2 Å². The zero-order valence-electron chi connectivity index (χ0n) is 17.7. The van der Waals surface area contributed by atoms with Crippen LogP contribution >= 0.6 is 11.6 Å². The Bertz CT molecular complexity index is 571. The molecule has 1 nitrogen and oxygen atoms in total. The molecule has 0 amide bonds. The summed E-state index contributed by atoms with van der Waals surface area (Å²) in [4.78, 5) is 12.2. The van der Waals surface area contributed by atoms with Crippen molar-refractivity contribution in [2.24, 2.45) is 0 Å². The van der Waals surface area contributed by atoms with Crippen LogP contribution in [0.1, 0.15) is 113 Å². The second-order valence-electron chi connectivity index (χ2n) is 7.94. The molecule has 0 bridgehead atoms.